The number of carbonyl (C=O) groups excluding carboxylic acids is 2. The van der Waals surface area contributed by atoms with Gasteiger partial charge in [-0.3, -0.25) is 9.59 Å². The van der Waals surface area contributed by atoms with E-state index >= 15 is 0 Å². The van der Waals surface area contributed by atoms with Crippen molar-refractivity contribution in [1.29, 1.82) is 0 Å². The van der Waals surface area contributed by atoms with Gasteiger partial charge in [-0.2, -0.15) is 0 Å². The summed E-state index contributed by atoms with van der Waals surface area (Å²) in [6, 6.07) is 23.4. The molecule has 2 heterocycles. The van der Waals surface area contributed by atoms with Crippen molar-refractivity contribution >= 4 is 61.2 Å². The second-order valence-corrected chi connectivity index (χ2v) is 9.83. The summed E-state index contributed by atoms with van der Waals surface area (Å²) in [5, 5.41) is 7.03. The van der Waals surface area contributed by atoms with Crippen molar-refractivity contribution in [2.24, 2.45) is 0 Å². The van der Waals surface area contributed by atoms with Gasteiger partial charge in [-0.25, -0.2) is 0 Å². The lowest BCUT2D eigenvalue weighted by Crippen LogP contribution is -2.48. The van der Waals surface area contributed by atoms with Crippen LogP contribution in [-0.4, -0.2) is 42.9 Å². The topological polar surface area (TPSA) is 52.7 Å². The number of hydrogen-bond donors (Lipinski definition) is 1. The highest BCUT2D eigenvalue weighted by Crippen LogP contribution is 2.23. The molecule has 5 nitrogen and oxygen atoms in total. The van der Waals surface area contributed by atoms with Gasteiger partial charge in [0.05, 0.1) is 4.88 Å². The van der Waals surface area contributed by atoms with Crippen molar-refractivity contribution in [2.75, 3.05) is 36.4 Å². The Bertz CT molecular complexity index is 1300. The second kappa shape index (κ2) is 9.37. The monoisotopic (exact) mass is 519 g/mol. The van der Waals surface area contributed by atoms with Gasteiger partial charge in [0.15, 0.2) is 0 Å². The largest absolute Gasteiger partial charge is 0.368 e. The number of benzene rings is 3. The van der Waals surface area contributed by atoms with Gasteiger partial charge in [0.1, 0.15) is 0 Å². The molecule has 5 rings (SSSR count). The van der Waals surface area contributed by atoms with E-state index in [4.69, 9.17) is 0 Å². The van der Waals surface area contributed by atoms with Crippen LogP contribution in [0.15, 0.2) is 82.6 Å². The molecule has 0 bridgehead atoms. The first-order chi connectivity index (χ1) is 16.1. The molecule has 166 valence electrons. The highest BCUT2D eigenvalue weighted by atomic mass is 79.9. The maximum absolute atomic E-state index is 12.7. The number of nitrogens with one attached hydrogen (secondary N) is 1. The fraction of sp³-hybridized carbons (Fsp3) is 0.154. The smallest absolute Gasteiger partial charge is 0.264 e. The summed E-state index contributed by atoms with van der Waals surface area (Å²) < 4.78 is 1.02. The Morgan fingerprint density at radius 2 is 1.58 bits per heavy atom. The molecule has 7 heteroatoms. The van der Waals surface area contributed by atoms with E-state index < -0.39 is 0 Å². The van der Waals surface area contributed by atoms with Gasteiger partial charge in [-0.15, -0.1) is 11.3 Å². The van der Waals surface area contributed by atoms with Crippen molar-refractivity contribution in [3.8, 4) is 0 Å². The number of amides is 2. The van der Waals surface area contributed by atoms with Gasteiger partial charge in [0.25, 0.3) is 11.8 Å². The van der Waals surface area contributed by atoms with Gasteiger partial charge in [0.2, 0.25) is 0 Å². The number of nitrogens with zero attached hydrogens (tertiary/aromatic N) is 2. The van der Waals surface area contributed by atoms with Crippen LogP contribution >= 0.6 is 27.3 Å². The second-order valence-electron chi connectivity index (χ2n) is 7.96. The molecule has 0 spiro atoms. The third kappa shape index (κ3) is 4.79. The van der Waals surface area contributed by atoms with E-state index in [1.54, 1.807) is 0 Å². The minimum atomic E-state index is -0.131. The standard InChI is InChI=1S/C26H22BrN3O2S/c27-21-6-5-18-16-20(4-3-19(18)17-21)25(31)28-22-7-9-23(10-8-22)29-11-13-30(14-12-29)26(32)24-2-1-15-33-24/h1-10,15-17H,11-14H2,(H,28,31). The van der Waals surface area contributed by atoms with Gasteiger partial charge in [-0.05, 0) is 70.7 Å². The minimum Gasteiger partial charge on any atom is -0.368 e. The van der Waals surface area contributed by atoms with Crippen LogP contribution in [0, 0.1) is 0 Å². The molecule has 1 aliphatic rings. The van der Waals surface area contributed by atoms with Crippen LogP contribution in [0.5, 0.6) is 0 Å². The summed E-state index contributed by atoms with van der Waals surface area (Å²) in [6.07, 6.45) is 0. The van der Waals surface area contributed by atoms with Crippen molar-refractivity contribution in [1.82, 2.24) is 4.90 Å². The zero-order valence-electron chi connectivity index (χ0n) is 17.8. The van der Waals surface area contributed by atoms with Crippen LogP contribution < -0.4 is 10.2 Å². The van der Waals surface area contributed by atoms with Crippen LogP contribution in [0.3, 0.4) is 0 Å². The fourth-order valence-corrected chi connectivity index (χ4v) is 5.11. The molecule has 4 aromatic rings. The molecule has 1 fully saturated rings. The van der Waals surface area contributed by atoms with Crippen molar-refractivity contribution in [3.05, 3.63) is 93.1 Å². The van der Waals surface area contributed by atoms with E-state index in [-0.39, 0.29) is 11.8 Å². The summed E-state index contributed by atoms with van der Waals surface area (Å²) in [5.74, 6) is -0.0164. The molecule has 0 radical (unpaired) electrons. The van der Waals surface area contributed by atoms with E-state index in [2.05, 4.69) is 26.1 Å². The number of thiophene rings is 1. The van der Waals surface area contributed by atoms with Crippen LogP contribution in [0.1, 0.15) is 20.0 Å². The van der Waals surface area contributed by atoms with Crippen molar-refractivity contribution < 1.29 is 9.59 Å². The molecule has 3 aromatic carbocycles. The quantitative estimate of drug-likeness (QED) is 0.366. The summed E-state index contributed by atoms with van der Waals surface area (Å²) >= 11 is 4.96. The Morgan fingerprint density at radius 3 is 2.30 bits per heavy atom. The third-order valence-electron chi connectivity index (χ3n) is 5.85. The number of hydrogen-bond acceptors (Lipinski definition) is 4. The maximum atomic E-state index is 12.7. The molecule has 33 heavy (non-hydrogen) atoms. The zero-order chi connectivity index (χ0) is 22.8. The average molecular weight is 520 g/mol. The number of fused-ring (bicyclic) bond motifs is 1. The number of halogens is 1. The molecule has 1 N–H and O–H groups in total. The van der Waals surface area contributed by atoms with E-state index in [1.807, 2.05) is 83.1 Å². The van der Waals surface area contributed by atoms with Crippen molar-refractivity contribution in [2.45, 2.75) is 0 Å². The normalized spacial score (nSPS) is 13.8. The fourth-order valence-electron chi connectivity index (χ4n) is 4.04. The van der Waals surface area contributed by atoms with Gasteiger partial charge < -0.3 is 15.1 Å². The molecule has 0 atom stereocenters. The maximum Gasteiger partial charge on any atom is 0.264 e. The Labute approximate surface area is 204 Å². The number of anilines is 2. The predicted molar refractivity (Wildman–Crippen MR) is 138 cm³/mol. The van der Waals surface area contributed by atoms with E-state index in [0.717, 1.165) is 44.6 Å². The first-order valence-electron chi connectivity index (χ1n) is 10.8. The lowest BCUT2D eigenvalue weighted by molar-refractivity contribution is 0.0751. The van der Waals surface area contributed by atoms with E-state index in [0.29, 0.717) is 18.7 Å². The molecule has 1 aliphatic heterocycles. The SMILES string of the molecule is O=C(Nc1ccc(N2CCN(C(=O)c3cccs3)CC2)cc1)c1ccc2cc(Br)ccc2c1. The molecular weight excluding hydrogens is 498 g/mol. The Hall–Kier alpha value is -3.16. The molecular formula is C26H22BrN3O2S. The Balaban J connectivity index is 1.20. The third-order valence-corrected chi connectivity index (χ3v) is 7.20. The predicted octanol–water partition coefficient (Wildman–Crippen LogP) is 5.88. The van der Waals surface area contributed by atoms with Crippen LogP contribution in [0.25, 0.3) is 10.8 Å². The molecule has 2 amide bonds. The van der Waals surface area contributed by atoms with Gasteiger partial charge in [0, 0.05) is 47.6 Å². The van der Waals surface area contributed by atoms with Crippen LogP contribution in [-0.2, 0) is 0 Å². The zero-order valence-corrected chi connectivity index (χ0v) is 20.2. The number of carbonyl (C=O) groups is 2. The van der Waals surface area contributed by atoms with E-state index in [1.165, 1.54) is 11.3 Å². The first-order valence-corrected chi connectivity index (χ1v) is 12.4. The Morgan fingerprint density at radius 1 is 0.848 bits per heavy atom. The lowest BCUT2D eigenvalue weighted by atomic mass is 10.1. The van der Waals surface area contributed by atoms with Crippen LogP contribution in [0.2, 0.25) is 0 Å². The molecule has 1 aromatic heterocycles. The van der Waals surface area contributed by atoms with E-state index in [9.17, 15) is 9.59 Å². The van der Waals surface area contributed by atoms with Crippen LogP contribution in [0.4, 0.5) is 11.4 Å². The molecule has 0 unspecified atom stereocenters. The summed E-state index contributed by atoms with van der Waals surface area (Å²) in [6.45, 7) is 2.98. The minimum absolute atomic E-state index is 0.115. The number of piperazine rings is 1. The van der Waals surface area contributed by atoms with Gasteiger partial charge in [-0.1, -0.05) is 34.1 Å². The molecule has 0 saturated carbocycles. The molecule has 1 saturated heterocycles. The Kier molecular flexibility index (Phi) is 6.15. The summed E-state index contributed by atoms with van der Waals surface area (Å²) in [5.41, 5.74) is 2.47. The summed E-state index contributed by atoms with van der Waals surface area (Å²) in [7, 11) is 0. The average Bonchev–Trinajstić information content (AvgIpc) is 3.39. The lowest BCUT2D eigenvalue weighted by Gasteiger charge is -2.36. The first kappa shape index (κ1) is 21.7. The molecule has 0 aliphatic carbocycles. The highest BCUT2D eigenvalue weighted by Gasteiger charge is 2.22. The highest BCUT2D eigenvalue weighted by molar-refractivity contribution is 9.10. The van der Waals surface area contributed by atoms with Crippen molar-refractivity contribution in [3.63, 3.8) is 0 Å². The summed E-state index contributed by atoms with van der Waals surface area (Å²) in [4.78, 5) is 30.3. The van der Waals surface area contributed by atoms with Gasteiger partial charge >= 0.3 is 0 Å². The number of rotatable bonds is 4.